The van der Waals surface area contributed by atoms with Crippen LogP contribution < -0.4 is 14.8 Å². The van der Waals surface area contributed by atoms with Crippen LogP contribution in [-0.2, 0) is 11.4 Å². The first-order chi connectivity index (χ1) is 15.6. The van der Waals surface area contributed by atoms with E-state index in [1.54, 1.807) is 17.0 Å². The third-order valence-corrected chi connectivity index (χ3v) is 4.97. The van der Waals surface area contributed by atoms with Gasteiger partial charge >= 0.3 is 0 Å². The van der Waals surface area contributed by atoms with Crippen molar-refractivity contribution in [1.82, 2.24) is 15.4 Å². The van der Waals surface area contributed by atoms with Gasteiger partial charge in [0.2, 0.25) is 0 Å². The van der Waals surface area contributed by atoms with Crippen LogP contribution >= 0.6 is 0 Å². The largest absolute Gasteiger partial charge is 0.486 e. The Labute approximate surface area is 183 Å². The fraction of sp³-hybridized carbons (Fsp3) is 0.261. The number of ether oxygens (including phenoxy) is 2. The number of nitrogens with one attached hydrogen (secondary N) is 1. The predicted molar refractivity (Wildman–Crippen MR) is 112 cm³/mol. The molecule has 1 atom stereocenters. The molecule has 166 valence electrons. The minimum Gasteiger partial charge on any atom is -0.486 e. The van der Waals surface area contributed by atoms with Crippen molar-refractivity contribution in [1.29, 1.82) is 0 Å². The number of carbonyl (C=O) groups excluding carboxylic acids is 2. The van der Waals surface area contributed by atoms with Crippen molar-refractivity contribution in [3.63, 3.8) is 0 Å². The van der Waals surface area contributed by atoms with E-state index in [0.29, 0.717) is 36.8 Å². The van der Waals surface area contributed by atoms with Crippen LogP contribution in [0, 0.1) is 5.82 Å². The van der Waals surface area contributed by atoms with Crippen LogP contribution in [0.2, 0.25) is 0 Å². The van der Waals surface area contributed by atoms with Gasteiger partial charge in [-0.1, -0.05) is 23.4 Å². The van der Waals surface area contributed by atoms with Gasteiger partial charge in [-0.25, -0.2) is 4.39 Å². The molecule has 0 bridgehead atoms. The number of nitrogens with zero attached hydrogens (tertiary/aromatic N) is 2. The molecule has 1 aliphatic rings. The predicted octanol–water partition coefficient (Wildman–Crippen LogP) is 2.80. The Morgan fingerprint density at radius 2 is 1.84 bits per heavy atom. The summed E-state index contributed by atoms with van der Waals surface area (Å²) in [6, 6.07) is 16.0. The molecule has 1 unspecified atom stereocenters. The highest BCUT2D eigenvalue weighted by molar-refractivity contribution is 5.92. The number of likely N-dealkylation sites (tertiary alicyclic amines) is 1. The molecule has 9 heteroatoms. The molecule has 3 aromatic rings. The van der Waals surface area contributed by atoms with Gasteiger partial charge in [-0.05, 0) is 42.8 Å². The van der Waals surface area contributed by atoms with Crippen LogP contribution in [0.3, 0.4) is 0 Å². The van der Waals surface area contributed by atoms with E-state index < -0.39 is 0 Å². The van der Waals surface area contributed by atoms with Gasteiger partial charge in [0.15, 0.2) is 18.1 Å². The number of amides is 2. The normalized spacial score (nSPS) is 15.4. The molecule has 2 amide bonds. The van der Waals surface area contributed by atoms with E-state index in [4.69, 9.17) is 14.0 Å². The van der Waals surface area contributed by atoms with Gasteiger partial charge in [0.25, 0.3) is 11.8 Å². The van der Waals surface area contributed by atoms with Gasteiger partial charge in [0.05, 0.1) is 0 Å². The van der Waals surface area contributed by atoms with Crippen molar-refractivity contribution in [2.75, 3.05) is 19.7 Å². The van der Waals surface area contributed by atoms with Crippen LogP contribution in [0.5, 0.6) is 11.5 Å². The SMILES string of the molecule is O=C(NC1CCN(C(=O)COc2ccccc2)C1)c1cc(COc2ccc(F)cc2)on1. The number of aromatic nitrogens is 1. The average molecular weight is 439 g/mol. The second-order valence-electron chi connectivity index (χ2n) is 7.32. The zero-order valence-corrected chi connectivity index (χ0v) is 17.2. The highest BCUT2D eigenvalue weighted by Gasteiger charge is 2.28. The van der Waals surface area contributed by atoms with Gasteiger partial charge in [0.1, 0.15) is 23.9 Å². The number of para-hydroxylation sites is 1. The summed E-state index contributed by atoms with van der Waals surface area (Å²) >= 11 is 0. The number of carbonyl (C=O) groups is 2. The van der Waals surface area contributed by atoms with E-state index in [1.807, 2.05) is 18.2 Å². The number of benzene rings is 2. The van der Waals surface area contributed by atoms with Gasteiger partial charge in [-0.2, -0.15) is 0 Å². The number of hydrogen-bond acceptors (Lipinski definition) is 6. The Morgan fingerprint density at radius 3 is 2.62 bits per heavy atom. The minimum absolute atomic E-state index is 0.0502. The molecule has 0 spiro atoms. The van der Waals surface area contributed by atoms with Gasteiger partial charge in [-0.3, -0.25) is 9.59 Å². The standard InChI is InChI=1S/C23H22FN3O5/c24-16-6-8-19(9-7-16)30-14-20-12-21(26-32-20)23(29)25-17-10-11-27(13-17)22(28)15-31-18-4-2-1-3-5-18/h1-9,12,17H,10-11,13-15H2,(H,25,29). The number of halogens is 1. The van der Waals surface area contributed by atoms with Crippen LogP contribution in [0.4, 0.5) is 4.39 Å². The Morgan fingerprint density at radius 1 is 1.09 bits per heavy atom. The molecule has 8 nitrogen and oxygen atoms in total. The molecule has 32 heavy (non-hydrogen) atoms. The fourth-order valence-corrected chi connectivity index (χ4v) is 3.29. The lowest BCUT2D eigenvalue weighted by Crippen LogP contribution is -2.39. The Kier molecular flexibility index (Phi) is 6.64. The second kappa shape index (κ2) is 9.95. The zero-order valence-electron chi connectivity index (χ0n) is 17.2. The molecule has 1 fully saturated rings. The van der Waals surface area contributed by atoms with Crippen molar-refractivity contribution >= 4 is 11.8 Å². The highest BCUT2D eigenvalue weighted by Crippen LogP contribution is 2.15. The summed E-state index contributed by atoms with van der Waals surface area (Å²) in [5.41, 5.74) is 0.125. The third-order valence-electron chi connectivity index (χ3n) is 4.97. The summed E-state index contributed by atoms with van der Waals surface area (Å²) < 4.78 is 29.0. The molecule has 1 aliphatic heterocycles. The molecule has 0 saturated carbocycles. The van der Waals surface area contributed by atoms with Gasteiger partial charge in [-0.15, -0.1) is 0 Å². The van der Waals surface area contributed by atoms with E-state index in [0.717, 1.165) is 0 Å². The van der Waals surface area contributed by atoms with Gasteiger partial charge in [0, 0.05) is 25.2 Å². The lowest BCUT2D eigenvalue weighted by Gasteiger charge is -2.17. The second-order valence-corrected chi connectivity index (χ2v) is 7.32. The number of rotatable bonds is 8. The fourth-order valence-electron chi connectivity index (χ4n) is 3.29. The molecule has 1 N–H and O–H groups in total. The van der Waals surface area contributed by atoms with Crippen molar-refractivity contribution < 1.29 is 28.0 Å². The van der Waals surface area contributed by atoms with Crippen molar-refractivity contribution in [2.24, 2.45) is 0 Å². The lowest BCUT2D eigenvalue weighted by atomic mass is 10.2. The molecule has 2 aromatic carbocycles. The topological polar surface area (TPSA) is 93.9 Å². The van der Waals surface area contributed by atoms with Crippen molar-refractivity contribution in [2.45, 2.75) is 19.1 Å². The zero-order chi connectivity index (χ0) is 22.3. The molecule has 4 rings (SSSR count). The summed E-state index contributed by atoms with van der Waals surface area (Å²) in [5, 5.41) is 6.64. The maximum atomic E-state index is 12.9. The van der Waals surface area contributed by atoms with Crippen LogP contribution in [0.1, 0.15) is 22.7 Å². The first-order valence-electron chi connectivity index (χ1n) is 10.2. The van der Waals surface area contributed by atoms with Crippen LogP contribution in [0.25, 0.3) is 0 Å². The van der Waals surface area contributed by atoms with Gasteiger partial charge < -0.3 is 24.2 Å². The van der Waals surface area contributed by atoms with E-state index >= 15 is 0 Å². The lowest BCUT2D eigenvalue weighted by molar-refractivity contribution is -0.132. The monoisotopic (exact) mass is 439 g/mol. The first kappa shape index (κ1) is 21.4. The quantitative estimate of drug-likeness (QED) is 0.580. The molecule has 0 radical (unpaired) electrons. The van der Waals surface area contributed by atoms with E-state index in [1.165, 1.54) is 30.3 Å². The van der Waals surface area contributed by atoms with Crippen LogP contribution in [0.15, 0.2) is 65.2 Å². The molecular formula is C23H22FN3O5. The average Bonchev–Trinajstić information content (AvgIpc) is 3.48. The first-order valence-corrected chi connectivity index (χ1v) is 10.2. The minimum atomic E-state index is -0.387. The molecule has 1 saturated heterocycles. The van der Waals surface area contributed by atoms with Crippen molar-refractivity contribution in [3.05, 3.63) is 77.9 Å². The summed E-state index contributed by atoms with van der Waals surface area (Å²) in [5.74, 6) is 0.595. The smallest absolute Gasteiger partial charge is 0.273 e. The summed E-state index contributed by atoms with van der Waals surface area (Å²) in [7, 11) is 0. The molecule has 2 heterocycles. The molecule has 0 aliphatic carbocycles. The molecular weight excluding hydrogens is 417 g/mol. The van der Waals surface area contributed by atoms with Crippen molar-refractivity contribution in [3.8, 4) is 11.5 Å². The maximum Gasteiger partial charge on any atom is 0.273 e. The summed E-state index contributed by atoms with van der Waals surface area (Å²) in [4.78, 5) is 26.5. The Bertz CT molecular complexity index is 1060. The van der Waals surface area contributed by atoms with E-state index in [-0.39, 0.29) is 42.6 Å². The highest BCUT2D eigenvalue weighted by atomic mass is 19.1. The van der Waals surface area contributed by atoms with Crippen LogP contribution in [-0.4, -0.2) is 47.6 Å². The molecule has 1 aromatic heterocycles. The van der Waals surface area contributed by atoms with E-state index in [9.17, 15) is 14.0 Å². The number of hydrogen-bond donors (Lipinski definition) is 1. The summed E-state index contributed by atoms with van der Waals surface area (Å²) in [6.45, 7) is 0.947. The summed E-state index contributed by atoms with van der Waals surface area (Å²) in [6.07, 6.45) is 0.640. The maximum absolute atomic E-state index is 12.9. The Hall–Kier alpha value is -3.88. The third kappa shape index (κ3) is 5.63. The Balaban J connectivity index is 1.22. The van der Waals surface area contributed by atoms with E-state index in [2.05, 4.69) is 10.5 Å².